The Morgan fingerprint density at radius 2 is 1.65 bits per heavy atom. The molecule has 0 spiro atoms. The van der Waals surface area contributed by atoms with Gasteiger partial charge in [0.2, 0.25) is 0 Å². The minimum atomic E-state index is -3.73. The molecule has 0 atom stereocenters. The number of hydrogen-bond donors (Lipinski definition) is 2. The number of anilines is 1. The zero-order chi connectivity index (χ0) is 19.2. The highest BCUT2D eigenvalue weighted by molar-refractivity contribution is 7.92. The first-order chi connectivity index (χ1) is 12.3. The summed E-state index contributed by atoms with van der Waals surface area (Å²) in [5.41, 5.74) is 0.860. The number of ether oxygens (including phenoxy) is 1. The second-order valence-corrected chi connectivity index (χ2v) is 7.98. The summed E-state index contributed by atoms with van der Waals surface area (Å²) in [4.78, 5) is 12.1. The van der Waals surface area contributed by atoms with Crippen LogP contribution in [-0.2, 0) is 10.0 Å². The number of amides is 1. The van der Waals surface area contributed by atoms with Gasteiger partial charge in [-0.1, -0.05) is 13.8 Å². The van der Waals surface area contributed by atoms with E-state index < -0.39 is 10.0 Å². The molecule has 140 valence electrons. The Balaban J connectivity index is 2.04. The number of hydrogen-bond acceptors (Lipinski definition) is 4. The minimum Gasteiger partial charge on any atom is -0.497 e. The van der Waals surface area contributed by atoms with Gasteiger partial charge in [0.15, 0.2) is 0 Å². The van der Waals surface area contributed by atoms with Gasteiger partial charge < -0.3 is 10.1 Å². The van der Waals surface area contributed by atoms with E-state index in [1.807, 2.05) is 0 Å². The number of methoxy groups -OCH3 is 1. The molecule has 6 nitrogen and oxygen atoms in total. The van der Waals surface area contributed by atoms with Gasteiger partial charge in [0.05, 0.1) is 12.0 Å². The van der Waals surface area contributed by atoms with Crippen molar-refractivity contribution in [2.75, 3.05) is 18.4 Å². The molecule has 1 amide bonds. The van der Waals surface area contributed by atoms with Gasteiger partial charge in [-0.2, -0.15) is 0 Å². The molecule has 7 heteroatoms. The van der Waals surface area contributed by atoms with Crippen molar-refractivity contribution in [3.63, 3.8) is 0 Å². The average Bonchev–Trinajstić information content (AvgIpc) is 2.62. The maximum atomic E-state index is 12.4. The predicted octanol–water partition coefficient (Wildman–Crippen LogP) is 3.27. The van der Waals surface area contributed by atoms with Gasteiger partial charge >= 0.3 is 0 Å². The fourth-order valence-corrected chi connectivity index (χ4v) is 3.29. The lowest BCUT2D eigenvalue weighted by Crippen LogP contribution is -2.25. The smallest absolute Gasteiger partial charge is 0.261 e. The molecule has 2 aromatic carbocycles. The van der Waals surface area contributed by atoms with Crippen LogP contribution < -0.4 is 14.8 Å². The number of carbonyl (C=O) groups excluding carboxylic acids is 1. The molecule has 0 fully saturated rings. The van der Waals surface area contributed by atoms with E-state index in [-0.39, 0.29) is 10.8 Å². The average molecular weight is 376 g/mol. The van der Waals surface area contributed by atoms with E-state index in [1.54, 1.807) is 31.4 Å². The summed E-state index contributed by atoms with van der Waals surface area (Å²) in [6.45, 7) is 4.76. The van der Waals surface area contributed by atoms with Gasteiger partial charge in [0.1, 0.15) is 5.75 Å². The summed E-state index contributed by atoms with van der Waals surface area (Å²) in [5.74, 6) is 0.935. The van der Waals surface area contributed by atoms with Crippen LogP contribution in [0, 0.1) is 5.92 Å². The molecule has 0 bridgehead atoms. The van der Waals surface area contributed by atoms with Crippen molar-refractivity contribution in [3.05, 3.63) is 54.1 Å². The van der Waals surface area contributed by atoms with Crippen LogP contribution in [0.3, 0.4) is 0 Å². The van der Waals surface area contributed by atoms with Crippen molar-refractivity contribution in [3.8, 4) is 5.75 Å². The van der Waals surface area contributed by atoms with Crippen molar-refractivity contribution in [2.24, 2.45) is 5.92 Å². The highest BCUT2D eigenvalue weighted by Gasteiger charge is 2.15. The number of sulfonamides is 1. The molecule has 0 aliphatic rings. The lowest BCUT2D eigenvalue weighted by molar-refractivity contribution is 0.0952. The van der Waals surface area contributed by atoms with E-state index in [0.717, 1.165) is 6.42 Å². The second kappa shape index (κ2) is 8.71. The summed E-state index contributed by atoms with van der Waals surface area (Å²) < 4.78 is 32.4. The summed E-state index contributed by atoms with van der Waals surface area (Å²) in [6.07, 6.45) is 0.893. The molecule has 2 rings (SSSR count). The summed E-state index contributed by atoms with van der Waals surface area (Å²) >= 11 is 0. The maximum Gasteiger partial charge on any atom is 0.261 e. The first kappa shape index (κ1) is 19.8. The third-order valence-corrected chi connectivity index (χ3v) is 5.17. The van der Waals surface area contributed by atoms with E-state index in [1.165, 1.54) is 24.3 Å². The van der Waals surface area contributed by atoms with Crippen LogP contribution in [0.2, 0.25) is 0 Å². The molecule has 26 heavy (non-hydrogen) atoms. The summed E-state index contributed by atoms with van der Waals surface area (Å²) in [7, 11) is -2.18. The lowest BCUT2D eigenvalue weighted by Gasteiger charge is -2.10. The standard InChI is InChI=1S/C19H24N2O4S/c1-14(2)12-13-20-19(22)15-4-10-18(11-5-15)26(23,24)21-16-6-8-17(25-3)9-7-16/h4-11,14,21H,12-13H2,1-3H3,(H,20,22). The van der Waals surface area contributed by atoms with E-state index in [0.29, 0.717) is 29.5 Å². The van der Waals surface area contributed by atoms with Gasteiger partial charge in [-0.3, -0.25) is 9.52 Å². The zero-order valence-corrected chi connectivity index (χ0v) is 16.0. The Bertz CT molecular complexity index is 829. The molecule has 0 aliphatic heterocycles. The van der Waals surface area contributed by atoms with Gasteiger partial charge in [-0.05, 0) is 60.9 Å². The van der Waals surface area contributed by atoms with E-state index >= 15 is 0 Å². The first-order valence-electron chi connectivity index (χ1n) is 8.37. The lowest BCUT2D eigenvalue weighted by atomic mass is 10.1. The molecule has 2 aromatic rings. The molecular formula is C19H24N2O4S. The van der Waals surface area contributed by atoms with Crippen LogP contribution in [-0.4, -0.2) is 28.0 Å². The number of carbonyl (C=O) groups is 1. The summed E-state index contributed by atoms with van der Waals surface area (Å²) in [6, 6.07) is 12.4. The zero-order valence-electron chi connectivity index (χ0n) is 15.2. The number of benzene rings is 2. The Morgan fingerprint density at radius 1 is 1.04 bits per heavy atom. The van der Waals surface area contributed by atoms with Crippen molar-refractivity contribution >= 4 is 21.6 Å². The van der Waals surface area contributed by atoms with Gasteiger partial charge in [-0.15, -0.1) is 0 Å². The first-order valence-corrected chi connectivity index (χ1v) is 9.85. The molecule has 0 aliphatic carbocycles. The van der Waals surface area contributed by atoms with E-state index in [9.17, 15) is 13.2 Å². The second-order valence-electron chi connectivity index (χ2n) is 6.30. The van der Waals surface area contributed by atoms with Crippen molar-refractivity contribution in [1.29, 1.82) is 0 Å². The summed E-state index contributed by atoms with van der Waals surface area (Å²) in [5, 5.41) is 2.82. The third kappa shape index (κ3) is 5.49. The van der Waals surface area contributed by atoms with Crippen molar-refractivity contribution in [2.45, 2.75) is 25.2 Å². The van der Waals surface area contributed by atoms with E-state index in [2.05, 4.69) is 23.9 Å². The fraction of sp³-hybridized carbons (Fsp3) is 0.316. The fourth-order valence-electron chi connectivity index (χ4n) is 2.24. The Hall–Kier alpha value is -2.54. The molecule has 0 aromatic heterocycles. The quantitative estimate of drug-likeness (QED) is 0.740. The molecule has 0 saturated carbocycles. The van der Waals surface area contributed by atoms with Crippen LogP contribution in [0.1, 0.15) is 30.6 Å². The number of rotatable bonds is 8. The molecule has 2 N–H and O–H groups in total. The van der Waals surface area contributed by atoms with Crippen molar-refractivity contribution < 1.29 is 17.9 Å². The van der Waals surface area contributed by atoms with E-state index in [4.69, 9.17) is 4.74 Å². The van der Waals surface area contributed by atoms with Crippen LogP contribution in [0.15, 0.2) is 53.4 Å². The predicted molar refractivity (Wildman–Crippen MR) is 102 cm³/mol. The largest absolute Gasteiger partial charge is 0.497 e. The monoisotopic (exact) mass is 376 g/mol. The molecule has 0 saturated heterocycles. The van der Waals surface area contributed by atoms with Gasteiger partial charge in [-0.25, -0.2) is 8.42 Å². The Labute approximate surface area is 154 Å². The van der Waals surface area contributed by atoms with Crippen LogP contribution in [0.4, 0.5) is 5.69 Å². The molecule has 0 radical (unpaired) electrons. The highest BCUT2D eigenvalue weighted by Crippen LogP contribution is 2.19. The number of nitrogens with one attached hydrogen (secondary N) is 2. The van der Waals surface area contributed by atoms with Crippen molar-refractivity contribution in [1.82, 2.24) is 5.32 Å². The van der Waals surface area contributed by atoms with Gasteiger partial charge in [0, 0.05) is 17.8 Å². The molecule has 0 unspecified atom stereocenters. The normalized spacial score (nSPS) is 11.2. The Morgan fingerprint density at radius 3 is 2.19 bits per heavy atom. The Kier molecular flexibility index (Phi) is 6.63. The SMILES string of the molecule is COc1ccc(NS(=O)(=O)c2ccc(C(=O)NCCC(C)C)cc2)cc1. The van der Waals surface area contributed by atoms with Crippen LogP contribution >= 0.6 is 0 Å². The minimum absolute atomic E-state index is 0.0899. The van der Waals surface area contributed by atoms with Crippen LogP contribution in [0.25, 0.3) is 0 Å². The van der Waals surface area contributed by atoms with Crippen LogP contribution in [0.5, 0.6) is 5.75 Å². The van der Waals surface area contributed by atoms with Gasteiger partial charge in [0.25, 0.3) is 15.9 Å². The maximum absolute atomic E-state index is 12.4. The topological polar surface area (TPSA) is 84.5 Å². The molecular weight excluding hydrogens is 352 g/mol. The third-order valence-electron chi connectivity index (χ3n) is 3.78. The highest BCUT2D eigenvalue weighted by atomic mass is 32.2. The molecule has 0 heterocycles.